The van der Waals surface area contributed by atoms with Gasteiger partial charge in [-0.3, -0.25) is 0 Å². The molecule has 84 valence electrons. The molecule has 0 radical (unpaired) electrons. The lowest BCUT2D eigenvalue weighted by molar-refractivity contribution is 0.0562. The van der Waals surface area contributed by atoms with Gasteiger partial charge in [0.15, 0.2) is 0 Å². The summed E-state index contributed by atoms with van der Waals surface area (Å²) in [6.45, 7) is 2.64. The molecule has 1 aromatic heterocycles. The summed E-state index contributed by atoms with van der Waals surface area (Å²) in [4.78, 5) is 11.0. The van der Waals surface area contributed by atoms with Crippen LogP contribution in [0.25, 0.3) is 0 Å². The third kappa shape index (κ3) is 3.73. The van der Waals surface area contributed by atoms with E-state index in [0.29, 0.717) is 18.8 Å². The van der Waals surface area contributed by atoms with Gasteiger partial charge < -0.3 is 19.6 Å². The van der Waals surface area contributed by atoms with Gasteiger partial charge in [0, 0.05) is 6.54 Å². The van der Waals surface area contributed by atoms with Crippen LogP contribution >= 0.6 is 0 Å². The summed E-state index contributed by atoms with van der Waals surface area (Å²) in [5.41, 5.74) is 0. The highest BCUT2D eigenvalue weighted by Gasteiger charge is 2.10. The summed E-state index contributed by atoms with van der Waals surface area (Å²) in [6.07, 6.45) is -0.403. The van der Waals surface area contributed by atoms with Gasteiger partial charge >= 0.3 is 5.97 Å². The Balaban J connectivity index is 2.43. The Hall–Kier alpha value is -1.33. The summed E-state index contributed by atoms with van der Waals surface area (Å²) >= 11 is 0. The van der Waals surface area contributed by atoms with Crippen LogP contribution in [0.1, 0.15) is 23.2 Å². The Morgan fingerprint density at radius 3 is 3.00 bits per heavy atom. The van der Waals surface area contributed by atoms with Crippen LogP contribution in [-0.2, 0) is 11.3 Å². The van der Waals surface area contributed by atoms with Crippen LogP contribution in [0, 0.1) is 0 Å². The number of hydrogen-bond donors (Lipinski definition) is 2. The number of aliphatic hydroxyl groups excluding tert-OH is 1. The van der Waals surface area contributed by atoms with Gasteiger partial charge in [-0.05, 0) is 19.1 Å². The van der Waals surface area contributed by atoms with Gasteiger partial charge in [-0.15, -0.1) is 0 Å². The standard InChI is InChI=1S/C10H15NO4/c1-7(12)5-11-6-8-3-4-9(15-8)10(13)14-2/h3-4,7,11-12H,5-6H2,1-2H3. The Labute approximate surface area is 88.0 Å². The first-order valence-electron chi connectivity index (χ1n) is 4.69. The second-order valence-corrected chi connectivity index (χ2v) is 3.24. The van der Waals surface area contributed by atoms with E-state index in [1.54, 1.807) is 19.1 Å². The maximum Gasteiger partial charge on any atom is 0.373 e. The lowest BCUT2D eigenvalue weighted by Gasteiger charge is -2.04. The van der Waals surface area contributed by atoms with Crippen molar-refractivity contribution in [2.24, 2.45) is 0 Å². The highest BCUT2D eigenvalue weighted by Crippen LogP contribution is 2.08. The molecule has 15 heavy (non-hydrogen) atoms. The molecule has 0 aliphatic heterocycles. The van der Waals surface area contributed by atoms with Gasteiger partial charge in [-0.2, -0.15) is 0 Å². The minimum Gasteiger partial charge on any atom is -0.463 e. The van der Waals surface area contributed by atoms with Gasteiger partial charge in [0.25, 0.3) is 0 Å². The molecule has 0 aliphatic rings. The summed E-state index contributed by atoms with van der Waals surface area (Å²) < 4.78 is 9.70. The number of methoxy groups -OCH3 is 1. The lowest BCUT2D eigenvalue weighted by Crippen LogP contribution is -2.23. The van der Waals surface area contributed by atoms with E-state index in [9.17, 15) is 4.79 Å². The van der Waals surface area contributed by atoms with Gasteiger partial charge in [-0.25, -0.2) is 4.79 Å². The first-order chi connectivity index (χ1) is 7.13. The fourth-order valence-corrected chi connectivity index (χ4v) is 1.09. The van der Waals surface area contributed by atoms with Crippen molar-refractivity contribution in [3.63, 3.8) is 0 Å². The molecule has 5 heteroatoms. The highest BCUT2D eigenvalue weighted by molar-refractivity contribution is 5.86. The molecule has 1 atom stereocenters. The molecule has 1 aromatic rings. The molecule has 0 bridgehead atoms. The molecule has 1 heterocycles. The molecule has 0 saturated carbocycles. The van der Waals surface area contributed by atoms with E-state index < -0.39 is 12.1 Å². The van der Waals surface area contributed by atoms with Gasteiger partial charge in [0.1, 0.15) is 5.76 Å². The Morgan fingerprint density at radius 2 is 2.40 bits per heavy atom. The first kappa shape index (κ1) is 11.7. The Morgan fingerprint density at radius 1 is 1.67 bits per heavy atom. The lowest BCUT2D eigenvalue weighted by atomic mass is 10.4. The van der Waals surface area contributed by atoms with Crippen molar-refractivity contribution in [2.75, 3.05) is 13.7 Å². The smallest absolute Gasteiger partial charge is 0.373 e. The number of ether oxygens (including phenoxy) is 1. The number of nitrogens with one attached hydrogen (secondary N) is 1. The summed E-state index contributed by atoms with van der Waals surface area (Å²) in [5, 5.41) is 12.0. The molecule has 0 spiro atoms. The molecule has 0 aromatic carbocycles. The fourth-order valence-electron chi connectivity index (χ4n) is 1.09. The quantitative estimate of drug-likeness (QED) is 0.698. The van der Waals surface area contributed by atoms with Crippen molar-refractivity contribution in [2.45, 2.75) is 19.6 Å². The van der Waals surface area contributed by atoms with Crippen molar-refractivity contribution in [3.05, 3.63) is 23.7 Å². The van der Waals surface area contributed by atoms with E-state index >= 15 is 0 Å². The van der Waals surface area contributed by atoms with Crippen LogP contribution in [0.2, 0.25) is 0 Å². The zero-order valence-electron chi connectivity index (χ0n) is 8.82. The Kier molecular flexibility index (Phi) is 4.33. The van der Waals surface area contributed by atoms with Crippen molar-refractivity contribution >= 4 is 5.97 Å². The SMILES string of the molecule is COC(=O)c1ccc(CNCC(C)O)o1. The topological polar surface area (TPSA) is 71.7 Å². The Bertz CT molecular complexity index is 319. The van der Waals surface area contributed by atoms with Crippen molar-refractivity contribution in [1.82, 2.24) is 5.32 Å². The van der Waals surface area contributed by atoms with E-state index in [-0.39, 0.29) is 5.76 Å². The van der Waals surface area contributed by atoms with E-state index in [4.69, 9.17) is 9.52 Å². The number of rotatable bonds is 5. The van der Waals surface area contributed by atoms with Gasteiger partial charge in [0.2, 0.25) is 5.76 Å². The molecule has 0 aliphatic carbocycles. The normalized spacial score (nSPS) is 12.5. The van der Waals surface area contributed by atoms with E-state index in [0.717, 1.165) is 0 Å². The molecule has 0 fully saturated rings. The third-order valence-corrected chi connectivity index (χ3v) is 1.79. The molecule has 0 amide bonds. The fraction of sp³-hybridized carbons (Fsp3) is 0.500. The monoisotopic (exact) mass is 213 g/mol. The molecule has 1 unspecified atom stereocenters. The molecule has 1 rings (SSSR count). The maximum absolute atomic E-state index is 11.0. The van der Waals surface area contributed by atoms with Crippen LogP contribution in [0.4, 0.5) is 0 Å². The minimum atomic E-state index is -0.489. The number of aliphatic hydroxyl groups is 1. The molecule has 0 saturated heterocycles. The number of esters is 1. The minimum absolute atomic E-state index is 0.186. The predicted molar refractivity (Wildman–Crippen MR) is 53.4 cm³/mol. The number of carbonyl (C=O) groups excluding carboxylic acids is 1. The summed E-state index contributed by atoms with van der Waals surface area (Å²) in [5.74, 6) is 0.333. The van der Waals surface area contributed by atoms with E-state index in [1.165, 1.54) is 7.11 Å². The molecular formula is C10H15NO4. The third-order valence-electron chi connectivity index (χ3n) is 1.79. The van der Waals surface area contributed by atoms with E-state index in [2.05, 4.69) is 10.1 Å². The summed E-state index contributed by atoms with van der Waals surface area (Å²) in [7, 11) is 1.30. The zero-order valence-corrected chi connectivity index (χ0v) is 8.82. The molecule has 5 nitrogen and oxygen atoms in total. The van der Waals surface area contributed by atoms with E-state index in [1.807, 2.05) is 0 Å². The van der Waals surface area contributed by atoms with Crippen LogP contribution in [0.15, 0.2) is 16.5 Å². The number of hydrogen-bond acceptors (Lipinski definition) is 5. The second kappa shape index (κ2) is 5.53. The second-order valence-electron chi connectivity index (χ2n) is 3.24. The van der Waals surface area contributed by atoms with Crippen molar-refractivity contribution in [3.8, 4) is 0 Å². The summed E-state index contributed by atoms with van der Waals surface area (Å²) in [6, 6.07) is 3.26. The van der Waals surface area contributed by atoms with Crippen molar-refractivity contribution in [1.29, 1.82) is 0 Å². The average Bonchev–Trinajstić information content (AvgIpc) is 2.65. The zero-order chi connectivity index (χ0) is 11.3. The van der Waals surface area contributed by atoms with Crippen molar-refractivity contribution < 1.29 is 19.1 Å². The van der Waals surface area contributed by atoms with Crippen LogP contribution in [0.3, 0.4) is 0 Å². The van der Waals surface area contributed by atoms with Crippen LogP contribution in [0.5, 0.6) is 0 Å². The maximum atomic E-state index is 11.0. The predicted octanol–water partition coefficient (Wildman–Crippen LogP) is 0.537. The van der Waals surface area contributed by atoms with Crippen LogP contribution < -0.4 is 5.32 Å². The highest BCUT2D eigenvalue weighted by atomic mass is 16.5. The number of carbonyl (C=O) groups is 1. The largest absolute Gasteiger partial charge is 0.463 e. The van der Waals surface area contributed by atoms with Crippen LogP contribution in [-0.4, -0.2) is 30.8 Å². The number of furan rings is 1. The van der Waals surface area contributed by atoms with Gasteiger partial charge in [0.05, 0.1) is 19.8 Å². The first-order valence-corrected chi connectivity index (χ1v) is 4.69. The molecule has 2 N–H and O–H groups in total. The average molecular weight is 213 g/mol. The van der Waals surface area contributed by atoms with Gasteiger partial charge in [-0.1, -0.05) is 0 Å². The molecular weight excluding hydrogens is 198 g/mol.